The van der Waals surface area contributed by atoms with Crippen molar-refractivity contribution < 1.29 is 4.42 Å². The molecule has 0 radical (unpaired) electrons. The van der Waals surface area contributed by atoms with Crippen LogP contribution in [-0.2, 0) is 7.05 Å². The average Bonchev–Trinajstić information content (AvgIpc) is 3.20. The third-order valence-corrected chi connectivity index (χ3v) is 3.77. The molecule has 0 atom stereocenters. The number of benzene rings is 1. The molecule has 3 aromatic heterocycles. The minimum Gasteiger partial charge on any atom is -0.445 e. The third kappa shape index (κ3) is 2.27. The summed E-state index contributed by atoms with van der Waals surface area (Å²) in [5, 5.41) is 14.2. The Labute approximate surface area is 132 Å². The van der Waals surface area contributed by atoms with E-state index in [1.807, 2.05) is 37.5 Å². The van der Waals surface area contributed by atoms with Gasteiger partial charge in [0, 0.05) is 41.5 Å². The van der Waals surface area contributed by atoms with Crippen molar-refractivity contribution in [2.75, 3.05) is 0 Å². The van der Waals surface area contributed by atoms with Gasteiger partial charge in [-0.15, -0.1) is 0 Å². The molecular formula is C18H12N4O. The summed E-state index contributed by atoms with van der Waals surface area (Å²) >= 11 is 0. The van der Waals surface area contributed by atoms with Crippen molar-refractivity contribution in [2.24, 2.45) is 7.05 Å². The summed E-state index contributed by atoms with van der Waals surface area (Å²) in [7, 11) is 1.88. The van der Waals surface area contributed by atoms with Crippen molar-refractivity contribution in [3.63, 3.8) is 0 Å². The monoisotopic (exact) mass is 300 g/mol. The minimum atomic E-state index is 0.579. The number of furan rings is 1. The fraction of sp³-hybridized carbons (Fsp3) is 0.0556. The van der Waals surface area contributed by atoms with Crippen molar-refractivity contribution in [3.05, 3.63) is 60.7 Å². The van der Waals surface area contributed by atoms with Crippen molar-refractivity contribution in [3.8, 4) is 28.3 Å². The number of hydrogen-bond donors (Lipinski definition) is 0. The van der Waals surface area contributed by atoms with Crippen LogP contribution in [-0.4, -0.2) is 14.8 Å². The Morgan fingerprint density at radius 1 is 1.13 bits per heavy atom. The SMILES string of the molecule is Cn1cc(-c2cnc3occ(-c4cccc(C#N)c4)c3c2)cn1. The maximum absolute atomic E-state index is 9.07. The number of nitrogens with zero attached hydrogens (tertiary/aromatic N) is 4. The van der Waals surface area contributed by atoms with E-state index >= 15 is 0 Å². The smallest absolute Gasteiger partial charge is 0.226 e. The summed E-state index contributed by atoms with van der Waals surface area (Å²) in [6, 6.07) is 11.7. The highest BCUT2D eigenvalue weighted by Crippen LogP contribution is 2.32. The molecule has 0 unspecified atom stereocenters. The van der Waals surface area contributed by atoms with Crippen LogP contribution in [0.1, 0.15) is 5.56 Å². The largest absolute Gasteiger partial charge is 0.445 e. The average molecular weight is 300 g/mol. The quantitative estimate of drug-likeness (QED) is 0.565. The number of aromatic nitrogens is 3. The molecular weight excluding hydrogens is 288 g/mol. The van der Waals surface area contributed by atoms with Gasteiger partial charge in [0.05, 0.1) is 17.8 Å². The zero-order valence-corrected chi connectivity index (χ0v) is 12.4. The number of aryl methyl sites for hydroxylation is 1. The Morgan fingerprint density at radius 2 is 2.04 bits per heavy atom. The van der Waals surface area contributed by atoms with E-state index in [4.69, 9.17) is 9.68 Å². The molecule has 0 spiro atoms. The van der Waals surface area contributed by atoms with Crippen LogP contribution in [0.2, 0.25) is 0 Å². The van der Waals surface area contributed by atoms with Crippen molar-refractivity contribution in [1.82, 2.24) is 14.8 Å². The van der Waals surface area contributed by atoms with Crippen LogP contribution in [0.5, 0.6) is 0 Å². The maximum Gasteiger partial charge on any atom is 0.226 e. The molecule has 0 saturated carbocycles. The molecule has 0 saturated heterocycles. The van der Waals surface area contributed by atoms with Crippen LogP contribution in [0.4, 0.5) is 0 Å². The van der Waals surface area contributed by atoms with Gasteiger partial charge in [-0.25, -0.2) is 4.98 Å². The first-order valence-electron chi connectivity index (χ1n) is 7.11. The number of hydrogen-bond acceptors (Lipinski definition) is 4. The Morgan fingerprint density at radius 3 is 2.83 bits per heavy atom. The lowest BCUT2D eigenvalue weighted by molar-refractivity contribution is 0.604. The van der Waals surface area contributed by atoms with E-state index in [9.17, 15) is 0 Å². The first kappa shape index (κ1) is 13.3. The van der Waals surface area contributed by atoms with E-state index in [2.05, 4.69) is 16.2 Å². The van der Waals surface area contributed by atoms with Gasteiger partial charge >= 0.3 is 0 Å². The third-order valence-electron chi connectivity index (χ3n) is 3.77. The summed E-state index contributed by atoms with van der Waals surface area (Å²) < 4.78 is 7.31. The van der Waals surface area contributed by atoms with E-state index in [-0.39, 0.29) is 0 Å². The lowest BCUT2D eigenvalue weighted by Crippen LogP contribution is -1.84. The van der Waals surface area contributed by atoms with Gasteiger partial charge in [-0.2, -0.15) is 10.4 Å². The van der Waals surface area contributed by atoms with Gasteiger partial charge in [0.15, 0.2) is 0 Å². The predicted octanol–water partition coefficient (Wildman–Crippen LogP) is 3.77. The zero-order chi connectivity index (χ0) is 15.8. The molecule has 0 aliphatic rings. The second kappa shape index (κ2) is 5.11. The molecule has 0 amide bonds. The molecule has 0 fully saturated rings. The molecule has 110 valence electrons. The molecule has 1 aromatic carbocycles. The van der Waals surface area contributed by atoms with Crippen molar-refractivity contribution in [2.45, 2.75) is 0 Å². The van der Waals surface area contributed by atoms with Gasteiger partial charge in [-0.1, -0.05) is 12.1 Å². The Kier molecular flexibility index (Phi) is 2.95. The van der Waals surface area contributed by atoms with E-state index in [1.54, 1.807) is 29.4 Å². The second-order valence-corrected chi connectivity index (χ2v) is 5.32. The van der Waals surface area contributed by atoms with Crippen LogP contribution in [0.25, 0.3) is 33.4 Å². The first-order chi connectivity index (χ1) is 11.2. The summed E-state index contributed by atoms with van der Waals surface area (Å²) in [6.45, 7) is 0. The predicted molar refractivity (Wildman–Crippen MR) is 86.4 cm³/mol. The van der Waals surface area contributed by atoms with Crippen LogP contribution in [0.3, 0.4) is 0 Å². The highest BCUT2D eigenvalue weighted by molar-refractivity contribution is 5.94. The minimum absolute atomic E-state index is 0.579. The standard InChI is InChI=1S/C18H12N4O/c1-22-10-15(9-21-22)14-6-16-17(11-23-18(16)20-8-14)13-4-2-3-12(5-13)7-19/h2-6,8-11H,1H3. The van der Waals surface area contributed by atoms with Crippen LogP contribution < -0.4 is 0 Å². The molecule has 4 aromatic rings. The summed E-state index contributed by atoms with van der Waals surface area (Å²) in [4.78, 5) is 4.39. The highest BCUT2D eigenvalue weighted by Gasteiger charge is 2.12. The van der Waals surface area contributed by atoms with Gasteiger partial charge in [0.25, 0.3) is 0 Å². The number of rotatable bonds is 2. The second-order valence-electron chi connectivity index (χ2n) is 5.32. The molecule has 5 heteroatoms. The van der Waals surface area contributed by atoms with E-state index in [1.165, 1.54) is 0 Å². The Balaban J connectivity index is 1.89. The van der Waals surface area contributed by atoms with Gasteiger partial charge in [-0.05, 0) is 23.8 Å². The first-order valence-corrected chi connectivity index (χ1v) is 7.11. The number of pyridine rings is 1. The number of fused-ring (bicyclic) bond motifs is 1. The summed E-state index contributed by atoms with van der Waals surface area (Å²) in [6.07, 6.45) is 7.21. The van der Waals surface area contributed by atoms with E-state index < -0.39 is 0 Å². The van der Waals surface area contributed by atoms with Crippen LogP contribution in [0, 0.1) is 11.3 Å². The molecule has 23 heavy (non-hydrogen) atoms. The fourth-order valence-corrected chi connectivity index (χ4v) is 2.63. The maximum atomic E-state index is 9.07. The van der Waals surface area contributed by atoms with Crippen molar-refractivity contribution in [1.29, 1.82) is 5.26 Å². The van der Waals surface area contributed by atoms with Gasteiger partial charge < -0.3 is 4.42 Å². The molecule has 4 rings (SSSR count). The van der Waals surface area contributed by atoms with E-state index in [0.29, 0.717) is 11.3 Å². The number of nitriles is 1. The lowest BCUT2D eigenvalue weighted by Gasteiger charge is -2.01. The van der Waals surface area contributed by atoms with Crippen LogP contribution >= 0.6 is 0 Å². The summed E-state index contributed by atoms with van der Waals surface area (Å²) in [5.41, 5.74) is 5.04. The highest BCUT2D eigenvalue weighted by atomic mass is 16.3. The normalized spacial score (nSPS) is 10.8. The van der Waals surface area contributed by atoms with Gasteiger partial charge in [0.2, 0.25) is 5.71 Å². The molecule has 0 bridgehead atoms. The molecule has 5 nitrogen and oxygen atoms in total. The Hall–Kier alpha value is -3.39. The molecule has 0 aliphatic carbocycles. The zero-order valence-electron chi connectivity index (χ0n) is 12.4. The van der Waals surface area contributed by atoms with E-state index in [0.717, 1.165) is 27.6 Å². The van der Waals surface area contributed by atoms with Gasteiger partial charge in [0.1, 0.15) is 6.26 Å². The van der Waals surface area contributed by atoms with Crippen LogP contribution in [0.15, 0.2) is 59.6 Å². The van der Waals surface area contributed by atoms with Crippen molar-refractivity contribution >= 4 is 11.1 Å². The Bertz CT molecular complexity index is 1050. The molecule has 0 aliphatic heterocycles. The lowest BCUT2D eigenvalue weighted by atomic mass is 10.0. The topological polar surface area (TPSA) is 67.6 Å². The fourth-order valence-electron chi connectivity index (χ4n) is 2.63. The molecule has 3 heterocycles. The molecule has 0 N–H and O–H groups in total. The summed E-state index contributed by atoms with van der Waals surface area (Å²) in [5.74, 6) is 0. The van der Waals surface area contributed by atoms with Gasteiger partial charge in [-0.3, -0.25) is 4.68 Å².